The lowest BCUT2D eigenvalue weighted by Crippen LogP contribution is -2.38. The molecule has 1 saturated heterocycles. The molecule has 0 bridgehead atoms. The zero-order chi connectivity index (χ0) is 13.3. The number of nitrogen functional groups attached to an aromatic ring is 1. The van der Waals surface area contributed by atoms with Crippen LogP contribution >= 0.6 is 0 Å². The van der Waals surface area contributed by atoms with Gasteiger partial charge in [0.1, 0.15) is 0 Å². The van der Waals surface area contributed by atoms with Crippen LogP contribution in [0.3, 0.4) is 0 Å². The highest BCUT2D eigenvalue weighted by Crippen LogP contribution is 2.34. The summed E-state index contributed by atoms with van der Waals surface area (Å²) in [5.41, 5.74) is 5.58. The van der Waals surface area contributed by atoms with Gasteiger partial charge in [0.25, 0.3) is 0 Å². The SMILES string of the molecule is Nc1cc(C(F)(F)F)ccc1N1CCC[C@H](O)C1. The van der Waals surface area contributed by atoms with Gasteiger partial charge in [-0.3, -0.25) is 0 Å². The Morgan fingerprint density at radius 2 is 2.06 bits per heavy atom. The largest absolute Gasteiger partial charge is 0.416 e. The number of aliphatic hydroxyl groups excluding tert-OH is 1. The Hall–Kier alpha value is -1.43. The molecule has 1 aliphatic rings. The van der Waals surface area contributed by atoms with E-state index >= 15 is 0 Å². The molecule has 0 amide bonds. The fraction of sp³-hybridized carbons (Fsp3) is 0.500. The molecule has 1 aliphatic heterocycles. The standard InChI is InChI=1S/C12H15F3N2O/c13-12(14,15)8-3-4-11(10(16)6-8)17-5-1-2-9(18)7-17/h3-4,6,9,18H,1-2,5,7,16H2/t9-/m0/s1. The van der Waals surface area contributed by atoms with Crippen molar-refractivity contribution in [3.05, 3.63) is 23.8 Å². The van der Waals surface area contributed by atoms with Crippen LogP contribution in [-0.2, 0) is 6.18 Å². The first-order valence-electron chi connectivity index (χ1n) is 5.77. The Balaban J connectivity index is 2.24. The first kappa shape index (κ1) is 13.0. The van der Waals surface area contributed by atoms with E-state index in [9.17, 15) is 18.3 Å². The van der Waals surface area contributed by atoms with Crippen LogP contribution in [0.15, 0.2) is 18.2 Å². The van der Waals surface area contributed by atoms with E-state index in [1.807, 2.05) is 4.90 Å². The molecule has 1 aromatic rings. The molecule has 3 N–H and O–H groups in total. The van der Waals surface area contributed by atoms with E-state index in [1.165, 1.54) is 6.07 Å². The zero-order valence-corrected chi connectivity index (χ0v) is 9.74. The van der Waals surface area contributed by atoms with Crippen LogP contribution < -0.4 is 10.6 Å². The molecule has 1 heterocycles. The molecular formula is C12H15F3N2O. The van der Waals surface area contributed by atoms with Crippen LogP contribution in [-0.4, -0.2) is 24.3 Å². The number of nitrogens with zero attached hydrogens (tertiary/aromatic N) is 1. The van der Waals surface area contributed by atoms with Crippen LogP contribution in [0.2, 0.25) is 0 Å². The monoisotopic (exact) mass is 260 g/mol. The Morgan fingerprint density at radius 3 is 2.61 bits per heavy atom. The molecule has 18 heavy (non-hydrogen) atoms. The van der Waals surface area contributed by atoms with Crippen LogP contribution in [0.1, 0.15) is 18.4 Å². The minimum Gasteiger partial charge on any atom is -0.397 e. The Kier molecular flexibility index (Phi) is 3.38. The van der Waals surface area contributed by atoms with Crippen LogP contribution in [0.5, 0.6) is 0 Å². The number of rotatable bonds is 1. The fourth-order valence-electron chi connectivity index (χ4n) is 2.19. The van der Waals surface area contributed by atoms with Gasteiger partial charge in [-0.15, -0.1) is 0 Å². The Morgan fingerprint density at radius 1 is 1.33 bits per heavy atom. The topological polar surface area (TPSA) is 49.5 Å². The second-order valence-electron chi connectivity index (χ2n) is 4.51. The minimum absolute atomic E-state index is 0.0962. The van der Waals surface area contributed by atoms with Crippen LogP contribution in [0.25, 0.3) is 0 Å². The van der Waals surface area contributed by atoms with Gasteiger partial charge in [-0.2, -0.15) is 13.2 Å². The first-order valence-corrected chi connectivity index (χ1v) is 5.77. The van der Waals surface area contributed by atoms with Gasteiger partial charge < -0.3 is 15.7 Å². The average molecular weight is 260 g/mol. The van der Waals surface area contributed by atoms with Gasteiger partial charge in [-0.1, -0.05) is 0 Å². The summed E-state index contributed by atoms with van der Waals surface area (Å²) in [6, 6.07) is 3.33. The van der Waals surface area contributed by atoms with Crippen molar-refractivity contribution < 1.29 is 18.3 Å². The summed E-state index contributed by atoms with van der Waals surface area (Å²) in [4.78, 5) is 1.82. The van der Waals surface area contributed by atoms with Crippen LogP contribution in [0.4, 0.5) is 24.5 Å². The van der Waals surface area contributed by atoms with Crippen molar-refractivity contribution >= 4 is 11.4 Å². The summed E-state index contributed by atoms with van der Waals surface area (Å²) in [6.07, 6.45) is -3.30. The predicted octanol–water partition coefficient (Wildman–Crippen LogP) is 2.25. The van der Waals surface area contributed by atoms with E-state index in [2.05, 4.69) is 0 Å². The second kappa shape index (κ2) is 4.68. The highest BCUT2D eigenvalue weighted by Gasteiger charge is 2.31. The minimum atomic E-state index is -4.38. The lowest BCUT2D eigenvalue weighted by Gasteiger charge is -2.33. The number of hydrogen-bond donors (Lipinski definition) is 2. The maximum Gasteiger partial charge on any atom is 0.416 e. The van der Waals surface area contributed by atoms with Gasteiger partial charge in [-0.05, 0) is 31.0 Å². The molecule has 3 nitrogen and oxygen atoms in total. The van der Waals surface area contributed by atoms with Crippen LogP contribution in [0, 0.1) is 0 Å². The van der Waals surface area contributed by atoms with E-state index in [0.29, 0.717) is 18.8 Å². The van der Waals surface area contributed by atoms with Crippen molar-refractivity contribution in [1.29, 1.82) is 0 Å². The summed E-state index contributed by atoms with van der Waals surface area (Å²) >= 11 is 0. The molecule has 0 aromatic heterocycles. The highest BCUT2D eigenvalue weighted by molar-refractivity contribution is 5.69. The lowest BCUT2D eigenvalue weighted by molar-refractivity contribution is -0.137. The number of nitrogens with two attached hydrogens (primary N) is 1. The first-order chi connectivity index (χ1) is 8.38. The van der Waals surface area contributed by atoms with Crippen molar-refractivity contribution in [2.75, 3.05) is 23.7 Å². The van der Waals surface area contributed by atoms with E-state index in [-0.39, 0.29) is 5.69 Å². The van der Waals surface area contributed by atoms with Gasteiger partial charge in [0.2, 0.25) is 0 Å². The van der Waals surface area contributed by atoms with E-state index in [0.717, 1.165) is 25.0 Å². The molecule has 0 saturated carbocycles. The molecule has 2 rings (SSSR count). The maximum atomic E-state index is 12.5. The number of benzene rings is 1. The third-order valence-corrected chi connectivity index (χ3v) is 3.09. The summed E-state index contributed by atoms with van der Waals surface area (Å²) in [5.74, 6) is 0. The number of halogens is 3. The molecule has 1 atom stereocenters. The number of β-amino-alcohol motifs (C(OH)–C–C–N with tert-alkyl or cyclic N) is 1. The van der Waals surface area contributed by atoms with Crippen molar-refractivity contribution in [3.8, 4) is 0 Å². The van der Waals surface area contributed by atoms with Gasteiger partial charge in [-0.25, -0.2) is 0 Å². The van der Waals surface area contributed by atoms with Crippen molar-refractivity contribution in [2.24, 2.45) is 0 Å². The normalized spacial score (nSPS) is 21.1. The van der Waals surface area contributed by atoms with Gasteiger partial charge >= 0.3 is 6.18 Å². The van der Waals surface area contributed by atoms with Crippen molar-refractivity contribution in [1.82, 2.24) is 0 Å². The quantitative estimate of drug-likeness (QED) is 0.761. The van der Waals surface area contributed by atoms with Gasteiger partial charge in [0, 0.05) is 13.1 Å². The second-order valence-corrected chi connectivity index (χ2v) is 4.51. The van der Waals surface area contributed by atoms with Gasteiger partial charge in [0.05, 0.1) is 23.0 Å². The van der Waals surface area contributed by atoms with E-state index < -0.39 is 17.8 Å². The van der Waals surface area contributed by atoms with Crippen molar-refractivity contribution in [2.45, 2.75) is 25.1 Å². The maximum absolute atomic E-state index is 12.5. The molecule has 0 spiro atoms. The molecule has 0 aliphatic carbocycles. The molecule has 1 fully saturated rings. The van der Waals surface area contributed by atoms with E-state index in [1.54, 1.807) is 0 Å². The van der Waals surface area contributed by atoms with Gasteiger partial charge in [0.15, 0.2) is 0 Å². The Bertz CT molecular complexity index is 434. The fourth-order valence-corrected chi connectivity index (χ4v) is 2.19. The summed E-state index contributed by atoms with van der Waals surface area (Å²) in [7, 11) is 0. The summed E-state index contributed by atoms with van der Waals surface area (Å²) < 4.78 is 37.5. The molecular weight excluding hydrogens is 245 g/mol. The number of hydrogen-bond acceptors (Lipinski definition) is 3. The van der Waals surface area contributed by atoms with Crippen molar-refractivity contribution in [3.63, 3.8) is 0 Å². The number of alkyl halides is 3. The molecule has 0 radical (unpaired) electrons. The predicted molar refractivity (Wildman–Crippen MR) is 63.3 cm³/mol. The smallest absolute Gasteiger partial charge is 0.397 e. The lowest BCUT2D eigenvalue weighted by atomic mass is 10.1. The summed E-state index contributed by atoms with van der Waals surface area (Å²) in [6.45, 7) is 1.11. The molecule has 1 aromatic carbocycles. The molecule has 100 valence electrons. The molecule has 0 unspecified atom stereocenters. The highest BCUT2D eigenvalue weighted by atomic mass is 19.4. The average Bonchev–Trinajstić information content (AvgIpc) is 2.27. The summed E-state index contributed by atoms with van der Waals surface area (Å²) in [5, 5.41) is 9.55. The number of anilines is 2. The molecule has 6 heteroatoms. The third kappa shape index (κ3) is 2.69. The zero-order valence-electron chi connectivity index (χ0n) is 9.74. The third-order valence-electron chi connectivity index (χ3n) is 3.09. The Labute approximate surface area is 103 Å². The number of aliphatic hydroxyl groups is 1. The van der Waals surface area contributed by atoms with E-state index in [4.69, 9.17) is 5.73 Å². The number of piperidine rings is 1.